The Bertz CT molecular complexity index is 610. The first kappa shape index (κ1) is 14.5. The van der Waals surface area contributed by atoms with Crippen LogP contribution in [0.4, 0.5) is 5.69 Å². The second-order valence-corrected chi connectivity index (χ2v) is 4.48. The standard InChI is InChI=1S/C12H13N3O4.ClH/c16-15(17)8-3-4-11-10(6-8)14-12(19-11)18-9-2-1-5-13-7-9;/h3-4,6,9,13H,1-2,5,7H2;1H. The van der Waals surface area contributed by atoms with Gasteiger partial charge in [-0.05, 0) is 25.5 Å². The van der Waals surface area contributed by atoms with Gasteiger partial charge in [0.15, 0.2) is 5.58 Å². The van der Waals surface area contributed by atoms with Crippen LogP contribution in [-0.4, -0.2) is 29.1 Å². The Morgan fingerprint density at radius 3 is 3.05 bits per heavy atom. The van der Waals surface area contributed by atoms with Crippen LogP contribution in [0.15, 0.2) is 22.6 Å². The summed E-state index contributed by atoms with van der Waals surface area (Å²) in [5.41, 5.74) is 0.920. The quantitative estimate of drug-likeness (QED) is 0.690. The number of hydrogen-bond acceptors (Lipinski definition) is 6. The normalized spacial score (nSPS) is 18.5. The molecule has 20 heavy (non-hydrogen) atoms. The maximum absolute atomic E-state index is 10.7. The highest BCUT2D eigenvalue weighted by molar-refractivity contribution is 5.85. The Labute approximate surface area is 120 Å². The van der Waals surface area contributed by atoms with Crippen LogP contribution in [0.1, 0.15) is 12.8 Å². The predicted octanol–water partition coefficient (Wildman–Crippen LogP) is 2.29. The van der Waals surface area contributed by atoms with Crippen molar-refractivity contribution in [1.29, 1.82) is 0 Å². The monoisotopic (exact) mass is 299 g/mol. The van der Waals surface area contributed by atoms with Crippen LogP contribution in [0.25, 0.3) is 11.1 Å². The zero-order valence-corrected chi connectivity index (χ0v) is 11.4. The Balaban J connectivity index is 0.00000147. The molecule has 108 valence electrons. The van der Waals surface area contributed by atoms with E-state index >= 15 is 0 Å². The van der Waals surface area contributed by atoms with Crippen molar-refractivity contribution in [2.24, 2.45) is 0 Å². The molecule has 0 aliphatic carbocycles. The number of aromatic nitrogens is 1. The van der Waals surface area contributed by atoms with Crippen LogP contribution < -0.4 is 10.1 Å². The summed E-state index contributed by atoms with van der Waals surface area (Å²) in [6.45, 7) is 1.76. The molecule has 1 aromatic carbocycles. The van der Waals surface area contributed by atoms with Gasteiger partial charge in [0.2, 0.25) is 0 Å². The summed E-state index contributed by atoms with van der Waals surface area (Å²) in [4.78, 5) is 14.3. The Morgan fingerprint density at radius 1 is 1.50 bits per heavy atom. The molecule has 1 N–H and O–H groups in total. The molecule has 3 rings (SSSR count). The molecule has 0 saturated carbocycles. The third-order valence-corrected chi connectivity index (χ3v) is 3.08. The molecular weight excluding hydrogens is 286 g/mol. The van der Waals surface area contributed by atoms with Crippen molar-refractivity contribution in [3.8, 4) is 6.08 Å². The predicted molar refractivity (Wildman–Crippen MR) is 74.4 cm³/mol. The van der Waals surface area contributed by atoms with E-state index in [4.69, 9.17) is 9.15 Å². The first-order valence-corrected chi connectivity index (χ1v) is 6.15. The van der Waals surface area contributed by atoms with Crippen molar-refractivity contribution in [3.63, 3.8) is 0 Å². The molecule has 2 heterocycles. The van der Waals surface area contributed by atoms with Crippen LogP contribution >= 0.6 is 12.4 Å². The molecule has 1 atom stereocenters. The van der Waals surface area contributed by atoms with Crippen molar-refractivity contribution in [1.82, 2.24) is 10.3 Å². The van der Waals surface area contributed by atoms with Crippen molar-refractivity contribution in [3.05, 3.63) is 28.3 Å². The molecule has 1 aromatic heterocycles. The average molecular weight is 300 g/mol. The van der Waals surface area contributed by atoms with Gasteiger partial charge in [0.25, 0.3) is 5.69 Å². The first-order chi connectivity index (χ1) is 9.22. The smallest absolute Gasteiger partial charge is 0.394 e. The van der Waals surface area contributed by atoms with Gasteiger partial charge in [-0.15, -0.1) is 12.4 Å². The summed E-state index contributed by atoms with van der Waals surface area (Å²) in [7, 11) is 0. The van der Waals surface area contributed by atoms with Gasteiger partial charge >= 0.3 is 6.08 Å². The lowest BCUT2D eigenvalue weighted by atomic mass is 10.1. The molecule has 1 fully saturated rings. The lowest BCUT2D eigenvalue weighted by Crippen LogP contribution is -2.37. The number of piperidine rings is 1. The molecule has 0 radical (unpaired) electrons. The molecule has 2 aromatic rings. The Hall–Kier alpha value is -1.86. The van der Waals surface area contributed by atoms with Crippen LogP contribution in [-0.2, 0) is 0 Å². The molecule has 0 amide bonds. The van der Waals surface area contributed by atoms with E-state index in [9.17, 15) is 10.1 Å². The van der Waals surface area contributed by atoms with Gasteiger partial charge in [-0.1, -0.05) is 0 Å². The maximum Gasteiger partial charge on any atom is 0.394 e. The highest BCUT2D eigenvalue weighted by Crippen LogP contribution is 2.25. The van der Waals surface area contributed by atoms with Crippen LogP contribution in [0.3, 0.4) is 0 Å². The summed E-state index contributed by atoms with van der Waals surface area (Å²) in [6, 6.07) is 4.30. The molecule has 1 saturated heterocycles. The molecule has 1 unspecified atom stereocenters. The number of non-ortho nitro benzene ring substituents is 1. The number of hydrogen-bond donors (Lipinski definition) is 1. The van der Waals surface area contributed by atoms with E-state index in [0.717, 1.165) is 25.9 Å². The van der Waals surface area contributed by atoms with Crippen molar-refractivity contribution in [2.45, 2.75) is 18.9 Å². The number of nitro benzene ring substituents is 1. The minimum Gasteiger partial charge on any atom is -0.445 e. The highest BCUT2D eigenvalue weighted by Gasteiger charge is 2.18. The summed E-state index contributed by atoms with van der Waals surface area (Å²) in [5.74, 6) is 0. The van der Waals surface area contributed by atoms with Crippen LogP contribution in [0.2, 0.25) is 0 Å². The van der Waals surface area contributed by atoms with E-state index in [2.05, 4.69) is 10.3 Å². The lowest BCUT2D eigenvalue weighted by Gasteiger charge is -2.21. The number of oxazole rings is 1. The van der Waals surface area contributed by atoms with Gasteiger partial charge in [0, 0.05) is 18.7 Å². The van der Waals surface area contributed by atoms with Crippen molar-refractivity contribution >= 4 is 29.2 Å². The minimum absolute atomic E-state index is 0. The second kappa shape index (κ2) is 6.06. The van der Waals surface area contributed by atoms with E-state index in [1.807, 2.05) is 0 Å². The molecule has 0 spiro atoms. The fraction of sp³-hybridized carbons (Fsp3) is 0.417. The largest absolute Gasteiger partial charge is 0.445 e. The summed E-state index contributed by atoms with van der Waals surface area (Å²) in [5, 5.41) is 13.9. The number of fused-ring (bicyclic) bond motifs is 1. The molecule has 1 aliphatic heterocycles. The molecule has 7 nitrogen and oxygen atoms in total. The maximum atomic E-state index is 10.7. The van der Waals surface area contributed by atoms with Crippen molar-refractivity contribution < 1.29 is 14.1 Å². The van der Waals surface area contributed by atoms with Gasteiger partial charge in [0.05, 0.1) is 4.92 Å². The fourth-order valence-corrected chi connectivity index (χ4v) is 2.12. The van der Waals surface area contributed by atoms with E-state index in [1.165, 1.54) is 18.2 Å². The van der Waals surface area contributed by atoms with E-state index < -0.39 is 4.92 Å². The third kappa shape index (κ3) is 3.00. The van der Waals surface area contributed by atoms with Gasteiger partial charge in [-0.2, -0.15) is 4.98 Å². The lowest BCUT2D eigenvalue weighted by molar-refractivity contribution is -0.384. The van der Waals surface area contributed by atoms with E-state index in [1.54, 1.807) is 0 Å². The topological polar surface area (TPSA) is 90.4 Å². The number of benzene rings is 1. The summed E-state index contributed by atoms with van der Waals surface area (Å²) >= 11 is 0. The third-order valence-electron chi connectivity index (χ3n) is 3.08. The molecule has 1 aliphatic rings. The van der Waals surface area contributed by atoms with Crippen LogP contribution in [0, 0.1) is 10.1 Å². The van der Waals surface area contributed by atoms with E-state index in [-0.39, 0.29) is 30.3 Å². The Morgan fingerprint density at radius 2 is 2.35 bits per heavy atom. The van der Waals surface area contributed by atoms with Crippen LogP contribution in [0.5, 0.6) is 6.08 Å². The van der Waals surface area contributed by atoms with E-state index in [0.29, 0.717) is 11.1 Å². The highest BCUT2D eigenvalue weighted by atomic mass is 35.5. The first-order valence-electron chi connectivity index (χ1n) is 6.15. The number of nitrogens with zero attached hydrogens (tertiary/aromatic N) is 2. The summed E-state index contributed by atoms with van der Waals surface area (Å²) in [6.07, 6.45) is 2.21. The van der Waals surface area contributed by atoms with Gasteiger partial charge in [0.1, 0.15) is 11.6 Å². The SMILES string of the molecule is Cl.O=[N+]([O-])c1ccc2oc(OC3CCCNC3)nc2c1. The number of halogens is 1. The number of nitro groups is 1. The zero-order valence-electron chi connectivity index (χ0n) is 10.6. The van der Waals surface area contributed by atoms with Gasteiger partial charge < -0.3 is 14.5 Å². The molecule has 0 bridgehead atoms. The van der Waals surface area contributed by atoms with Crippen molar-refractivity contribution in [2.75, 3.05) is 13.1 Å². The van der Waals surface area contributed by atoms with Gasteiger partial charge in [-0.3, -0.25) is 10.1 Å². The summed E-state index contributed by atoms with van der Waals surface area (Å²) < 4.78 is 11.1. The Kier molecular flexibility index (Phi) is 4.41. The molecule has 8 heteroatoms. The zero-order chi connectivity index (χ0) is 13.2. The van der Waals surface area contributed by atoms with Gasteiger partial charge in [-0.25, -0.2) is 0 Å². The number of ether oxygens (including phenoxy) is 1. The second-order valence-electron chi connectivity index (χ2n) is 4.48. The molecular formula is C12H14ClN3O4. The average Bonchev–Trinajstić information content (AvgIpc) is 2.80. The fourth-order valence-electron chi connectivity index (χ4n) is 2.12. The minimum atomic E-state index is -0.459. The number of rotatable bonds is 3. The number of nitrogens with one attached hydrogen (secondary N) is 1.